The molecule has 106 valence electrons. The lowest BCUT2D eigenvalue weighted by atomic mass is 10.2. The van der Waals surface area contributed by atoms with E-state index in [4.69, 9.17) is 9.57 Å². The maximum absolute atomic E-state index is 12.2. The Kier molecular flexibility index (Phi) is 4.76. The molecule has 0 radical (unpaired) electrons. The summed E-state index contributed by atoms with van der Waals surface area (Å²) < 4.78 is 5.56. The second-order valence-electron chi connectivity index (χ2n) is 4.09. The Morgan fingerprint density at radius 1 is 1.30 bits per heavy atom. The summed E-state index contributed by atoms with van der Waals surface area (Å²) in [6.07, 6.45) is 0. The highest BCUT2D eigenvalue weighted by molar-refractivity contribution is 7.17. The Morgan fingerprint density at radius 2 is 2.00 bits per heavy atom. The number of hydrogen-bond acceptors (Lipinski definition) is 4. The number of amides is 1. The third-order valence-electron chi connectivity index (χ3n) is 2.81. The van der Waals surface area contributed by atoms with E-state index >= 15 is 0 Å². The molecule has 0 aliphatic rings. The number of hydrogen-bond donors (Lipinski definition) is 0. The van der Waals surface area contributed by atoms with Gasteiger partial charge in [-0.1, -0.05) is 30.3 Å². The van der Waals surface area contributed by atoms with Crippen molar-refractivity contribution in [3.05, 3.63) is 41.3 Å². The maximum Gasteiger partial charge on any atom is 0.291 e. The topological polar surface area (TPSA) is 38.8 Å². The van der Waals surface area contributed by atoms with Crippen LogP contribution in [0.2, 0.25) is 0 Å². The van der Waals surface area contributed by atoms with Crippen molar-refractivity contribution in [1.82, 2.24) is 5.06 Å². The van der Waals surface area contributed by atoms with Crippen molar-refractivity contribution in [2.24, 2.45) is 0 Å². The summed E-state index contributed by atoms with van der Waals surface area (Å²) in [5.74, 6) is 0.397. The average molecular weight is 291 g/mol. The van der Waals surface area contributed by atoms with Crippen LogP contribution in [-0.2, 0) is 4.84 Å². The number of benzene rings is 1. The van der Waals surface area contributed by atoms with E-state index in [-0.39, 0.29) is 5.91 Å². The van der Waals surface area contributed by atoms with Crippen molar-refractivity contribution in [3.8, 4) is 16.2 Å². The SMILES string of the molecule is CCOc1cc(-c2ccccc2)sc1C(=O)N(C)OC. The number of nitrogens with zero attached hydrogens (tertiary/aromatic N) is 1. The molecule has 2 aromatic rings. The minimum Gasteiger partial charge on any atom is -0.492 e. The van der Waals surface area contributed by atoms with Crippen molar-refractivity contribution in [3.63, 3.8) is 0 Å². The van der Waals surface area contributed by atoms with Crippen molar-refractivity contribution in [1.29, 1.82) is 0 Å². The molecule has 0 aliphatic heterocycles. The molecule has 0 saturated heterocycles. The van der Waals surface area contributed by atoms with E-state index in [1.807, 2.05) is 43.3 Å². The van der Waals surface area contributed by atoms with E-state index in [1.165, 1.54) is 23.5 Å². The van der Waals surface area contributed by atoms with Gasteiger partial charge in [-0.15, -0.1) is 11.3 Å². The van der Waals surface area contributed by atoms with Gasteiger partial charge >= 0.3 is 0 Å². The third kappa shape index (κ3) is 3.00. The molecule has 0 saturated carbocycles. The molecule has 0 fully saturated rings. The highest BCUT2D eigenvalue weighted by atomic mass is 32.1. The molecule has 2 rings (SSSR count). The van der Waals surface area contributed by atoms with Crippen molar-refractivity contribution >= 4 is 17.2 Å². The molecule has 1 aromatic heterocycles. The first kappa shape index (κ1) is 14.6. The lowest BCUT2D eigenvalue weighted by Gasteiger charge is -2.13. The van der Waals surface area contributed by atoms with Crippen molar-refractivity contribution in [2.45, 2.75) is 6.92 Å². The zero-order valence-electron chi connectivity index (χ0n) is 11.8. The predicted molar refractivity (Wildman–Crippen MR) is 80.0 cm³/mol. The molecule has 0 N–H and O–H groups in total. The predicted octanol–water partition coefficient (Wildman–Crippen LogP) is 3.45. The van der Waals surface area contributed by atoms with Crippen molar-refractivity contribution in [2.75, 3.05) is 20.8 Å². The first-order valence-corrected chi connectivity index (χ1v) is 7.13. The summed E-state index contributed by atoms with van der Waals surface area (Å²) in [5.41, 5.74) is 1.07. The molecule has 0 bridgehead atoms. The molecule has 0 unspecified atom stereocenters. The second-order valence-corrected chi connectivity index (χ2v) is 5.14. The van der Waals surface area contributed by atoms with Crippen LogP contribution in [0.25, 0.3) is 10.4 Å². The van der Waals surface area contributed by atoms with Gasteiger partial charge in [-0.25, -0.2) is 5.06 Å². The summed E-state index contributed by atoms with van der Waals surface area (Å²) in [6.45, 7) is 2.41. The fourth-order valence-corrected chi connectivity index (χ4v) is 2.83. The first-order valence-electron chi connectivity index (χ1n) is 6.31. The molecule has 0 atom stereocenters. The van der Waals surface area contributed by atoms with E-state index in [0.29, 0.717) is 17.2 Å². The van der Waals surface area contributed by atoms with Crippen LogP contribution in [0.15, 0.2) is 36.4 Å². The number of carbonyl (C=O) groups is 1. The van der Waals surface area contributed by atoms with Gasteiger partial charge in [0.1, 0.15) is 10.6 Å². The number of hydroxylamine groups is 2. The van der Waals surface area contributed by atoms with E-state index in [1.54, 1.807) is 7.05 Å². The maximum atomic E-state index is 12.2. The van der Waals surface area contributed by atoms with Gasteiger partial charge in [0.15, 0.2) is 0 Å². The summed E-state index contributed by atoms with van der Waals surface area (Å²) in [4.78, 5) is 18.7. The normalized spacial score (nSPS) is 10.3. The molecule has 1 amide bonds. The van der Waals surface area contributed by atoms with Gasteiger partial charge in [-0.05, 0) is 18.6 Å². The van der Waals surface area contributed by atoms with Gasteiger partial charge in [0.2, 0.25) is 0 Å². The summed E-state index contributed by atoms with van der Waals surface area (Å²) in [7, 11) is 3.05. The molecule has 1 aromatic carbocycles. The highest BCUT2D eigenvalue weighted by Gasteiger charge is 2.21. The highest BCUT2D eigenvalue weighted by Crippen LogP contribution is 2.37. The third-order valence-corrected chi connectivity index (χ3v) is 3.96. The fraction of sp³-hybridized carbons (Fsp3) is 0.267. The Morgan fingerprint density at radius 3 is 2.60 bits per heavy atom. The number of rotatable bonds is 5. The molecule has 1 heterocycles. The average Bonchev–Trinajstić information content (AvgIpc) is 2.91. The van der Waals surface area contributed by atoms with Crippen LogP contribution in [0.1, 0.15) is 16.6 Å². The Labute approximate surface area is 122 Å². The summed E-state index contributed by atoms with van der Waals surface area (Å²) in [5, 5.41) is 1.20. The molecule has 5 heteroatoms. The van der Waals surface area contributed by atoms with Crippen LogP contribution in [0.5, 0.6) is 5.75 Å². The van der Waals surface area contributed by atoms with Crippen LogP contribution in [0, 0.1) is 0 Å². The van der Waals surface area contributed by atoms with E-state index < -0.39 is 0 Å². The van der Waals surface area contributed by atoms with Crippen LogP contribution < -0.4 is 4.74 Å². The van der Waals surface area contributed by atoms with Crippen LogP contribution in [0.4, 0.5) is 0 Å². The molecule has 0 aliphatic carbocycles. The molecular formula is C15H17NO3S. The van der Waals surface area contributed by atoms with Crippen LogP contribution in [-0.4, -0.2) is 31.7 Å². The number of ether oxygens (including phenoxy) is 1. The minimum atomic E-state index is -0.205. The Balaban J connectivity index is 2.41. The standard InChI is InChI=1S/C15H17NO3S/c1-4-19-12-10-13(11-8-6-5-7-9-11)20-14(12)15(17)16(2)18-3/h5-10H,4H2,1-3H3. The van der Waals surface area contributed by atoms with Gasteiger partial charge < -0.3 is 4.74 Å². The number of carbonyl (C=O) groups excluding carboxylic acids is 1. The molecule has 4 nitrogen and oxygen atoms in total. The van der Waals surface area contributed by atoms with Gasteiger partial charge in [0.25, 0.3) is 5.91 Å². The van der Waals surface area contributed by atoms with E-state index in [0.717, 1.165) is 10.4 Å². The second kappa shape index (κ2) is 6.54. The number of thiophene rings is 1. The fourth-order valence-electron chi connectivity index (χ4n) is 1.76. The lowest BCUT2D eigenvalue weighted by molar-refractivity contribution is -0.0755. The zero-order valence-corrected chi connectivity index (χ0v) is 12.6. The molecular weight excluding hydrogens is 274 g/mol. The minimum absolute atomic E-state index is 0.205. The van der Waals surface area contributed by atoms with Gasteiger partial charge in [-0.3, -0.25) is 9.63 Å². The van der Waals surface area contributed by atoms with E-state index in [9.17, 15) is 4.79 Å². The first-order chi connectivity index (χ1) is 9.67. The van der Waals surface area contributed by atoms with Gasteiger partial charge in [-0.2, -0.15) is 0 Å². The van der Waals surface area contributed by atoms with Crippen LogP contribution >= 0.6 is 11.3 Å². The van der Waals surface area contributed by atoms with Crippen molar-refractivity contribution < 1.29 is 14.4 Å². The smallest absolute Gasteiger partial charge is 0.291 e. The lowest BCUT2D eigenvalue weighted by Crippen LogP contribution is -2.24. The molecule has 20 heavy (non-hydrogen) atoms. The monoisotopic (exact) mass is 291 g/mol. The largest absolute Gasteiger partial charge is 0.492 e. The zero-order chi connectivity index (χ0) is 14.5. The van der Waals surface area contributed by atoms with Gasteiger partial charge in [0, 0.05) is 11.9 Å². The van der Waals surface area contributed by atoms with E-state index in [2.05, 4.69) is 0 Å². The molecule has 0 spiro atoms. The Hall–Kier alpha value is -1.85. The quantitative estimate of drug-likeness (QED) is 0.792. The van der Waals surface area contributed by atoms with Gasteiger partial charge in [0.05, 0.1) is 13.7 Å². The van der Waals surface area contributed by atoms with Crippen LogP contribution in [0.3, 0.4) is 0 Å². The summed E-state index contributed by atoms with van der Waals surface area (Å²) >= 11 is 1.41. The summed E-state index contributed by atoms with van der Waals surface area (Å²) in [6, 6.07) is 11.8. The Bertz CT molecular complexity index is 580.